The van der Waals surface area contributed by atoms with Gasteiger partial charge in [-0.05, 0) is 47.0 Å². The zero-order chi connectivity index (χ0) is 27.4. The zero-order valence-corrected chi connectivity index (χ0v) is 22.7. The van der Waals surface area contributed by atoms with Crippen LogP contribution in [0.15, 0.2) is 46.2 Å². The summed E-state index contributed by atoms with van der Waals surface area (Å²) in [6, 6.07) is 7.40. The summed E-state index contributed by atoms with van der Waals surface area (Å²) in [5, 5.41) is 24.9. The van der Waals surface area contributed by atoms with E-state index in [9.17, 15) is 23.1 Å². The Hall–Kier alpha value is -3.40. The number of nitrogens with one attached hydrogen (secondary N) is 1. The average Bonchev–Trinajstić information content (AvgIpc) is 3.61. The summed E-state index contributed by atoms with van der Waals surface area (Å²) < 4.78 is 35.1. The number of nitrogens with zero attached hydrogens (tertiary/aromatic N) is 6. The average molecular weight is 564 g/mol. The van der Waals surface area contributed by atoms with Crippen molar-refractivity contribution in [1.29, 1.82) is 0 Å². The summed E-state index contributed by atoms with van der Waals surface area (Å²) in [7, 11) is -2.22. The van der Waals surface area contributed by atoms with Crippen LogP contribution in [0.25, 0.3) is 0 Å². The second-order valence-corrected chi connectivity index (χ2v) is 12.3. The monoisotopic (exact) mass is 563 g/mol. The highest BCUT2D eigenvalue weighted by Gasteiger charge is 2.35. The van der Waals surface area contributed by atoms with Crippen molar-refractivity contribution in [2.75, 3.05) is 32.1 Å². The maximum Gasteiger partial charge on any atom is 0.258 e. The van der Waals surface area contributed by atoms with E-state index in [1.165, 1.54) is 28.4 Å². The van der Waals surface area contributed by atoms with Gasteiger partial charge in [-0.25, -0.2) is 13.1 Å². The number of ether oxygens (including phenoxy) is 1. The molecule has 3 aromatic rings. The standard InChI is InChI=1S/C23H29N7O6S2/c1-15-10-30(16(2)13-31)23(33)18-9-17(25-21(32)12-29-14-24-26-27-29)6-7-19(18)36-20(15)11-28(3)38(34,35)22-5-4-8-37-22/h4-9,14-16,20,31H,10-13H2,1-3H3,(H,25,32)/t15-,16+,20-/m1/s1. The van der Waals surface area contributed by atoms with Crippen molar-refractivity contribution >= 4 is 38.9 Å². The molecule has 2 amide bonds. The van der Waals surface area contributed by atoms with Gasteiger partial charge in [0, 0.05) is 25.2 Å². The lowest BCUT2D eigenvalue weighted by Gasteiger charge is -2.38. The number of fused-ring (bicyclic) bond motifs is 1. The van der Waals surface area contributed by atoms with Crippen LogP contribution in [0, 0.1) is 5.92 Å². The number of amides is 2. The van der Waals surface area contributed by atoms with E-state index in [2.05, 4.69) is 20.8 Å². The fourth-order valence-electron chi connectivity index (χ4n) is 4.03. The molecular weight excluding hydrogens is 534 g/mol. The predicted molar refractivity (Wildman–Crippen MR) is 138 cm³/mol. The number of aliphatic hydroxyl groups is 1. The first-order chi connectivity index (χ1) is 18.1. The molecule has 0 saturated carbocycles. The van der Waals surface area contributed by atoms with E-state index in [4.69, 9.17) is 4.74 Å². The van der Waals surface area contributed by atoms with E-state index < -0.39 is 28.1 Å². The number of carbonyl (C=O) groups is 2. The van der Waals surface area contributed by atoms with Crippen molar-refractivity contribution in [3.8, 4) is 5.75 Å². The Morgan fingerprint density at radius 2 is 2.16 bits per heavy atom. The van der Waals surface area contributed by atoms with Crippen molar-refractivity contribution in [3.05, 3.63) is 47.6 Å². The number of hydrogen-bond donors (Lipinski definition) is 2. The number of anilines is 1. The van der Waals surface area contributed by atoms with Crippen molar-refractivity contribution < 1.29 is 27.9 Å². The molecule has 3 heterocycles. The zero-order valence-electron chi connectivity index (χ0n) is 21.1. The molecule has 0 saturated heterocycles. The van der Waals surface area contributed by atoms with Crippen LogP contribution in [-0.2, 0) is 21.4 Å². The maximum absolute atomic E-state index is 13.6. The molecule has 0 spiro atoms. The van der Waals surface area contributed by atoms with Crippen LogP contribution in [0.2, 0.25) is 0 Å². The second kappa shape index (κ2) is 11.6. The van der Waals surface area contributed by atoms with Gasteiger partial charge in [0.2, 0.25) is 5.91 Å². The molecule has 204 valence electrons. The Bertz CT molecular complexity index is 1360. The summed E-state index contributed by atoms with van der Waals surface area (Å²) in [6.07, 6.45) is 0.707. The van der Waals surface area contributed by atoms with Gasteiger partial charge in [-0.15, -0.1) is 16.4 Å². The van der Waals surface area contributed by atoms with Crippen molar-refractivity contribution in [1.82, 2.24) is 29.4 Å². The lowest BCUT2D eigenvalue weighted by molar-refractivity contribution is -0.116. The van der Waals surface area contributed by atoms with Gasteiger partial charge in [0.25, 0.3) is 15.9 Å². The topological polar surface area (TPSA) is 160 Å². The third kappa shape index (κ3) is 6.01. The predicted octanol–water partition coefficient (Wildman–Crippen LogP) is 0.914. The summed E-state index contributed by atoms with van der Waals surface area (Å²) in [6.45, 7) is 3.50. The van der Waals surface area contributed by atoms with Gasteiger partial charge in [0.05, 0.1) is 24.8 Å². The molecule has 2 aromatic heterocycles. The Morgan fingerprint density at radius 1 is 1.37 bits per heavy atom. The molecule has 1 aliphatic rings. The highest BCUT2D eigenvalue weighted by molar-refractivity contribution is 7.91. The molecule has 0 fully saturated rings. The number of thiophene rings is 1. The smallest absolute Gasteiger partial charge is 0.258 e. The number of tetrazole rings is 1. The summed E-state index contributed by atoms with van der Waals surface area (Å²) in [4.78, 5) is 27.5. The summed E-state index contributed by atoms with van der Waals surface area (Å²) in [5.41, 5.74) is 0.545. The lowest BCUT2D eigenvalue weighted by atomic mass is 9.99. The molecular formula is C23H29N7O6S2. The molecule has 0 aliphatic carbocycles. The van der Waals surface area contributed by atoms with Crippen LogP contribution in [0.4, 0.5) is 5.69 Å². The van der Waals surface area contributed by atoms with Crippen LogP contribution in [0.1, 0.15) is 24.2 Å². The molecule has 15 heteroatoms. The molecule has 1 aromatic carbocycles. The Balaban J connectivity index is 1.62. The van der Waals surface area contributed by atoms with Gasteiger partial charge < -0.3 is 20.1 Å². The van der Waals surface area contributed by atoms with E-state index in [0.29, 0.717) is 5.69 Å². The lowest BCUT2D eigenvalue weighted by Crippen LogP contribution is -2.50. The van der Waals surface area contributed by atoms with Crippen LogP contribution >= 0.6 is 11.3 Å². The van der Waals surface area contributed by atoms with Gasteiger partial charge in [-0.1, -0.05) is 13.0 Å². The fourth-order valence-corrected chi connectivity index (χ4v) is 6.42. The van der Waals surface area contributed by atoms with Crippen molar-refractivity contribution in [2.45, 2.75) is 36.7 Å². The number of aromatic nitrogens is 4. The van der Waals surface area contributed by atoms with E-state index in [-0.39, 0.29) is 53.6 Å². The number of rotatable bonds is 9. The first-order valence-electron chi connectivity index (χ1n) is 11.8. The highest BCUT2D eigenvalue weighted by Crippen LogP contribution is 2.31. The van der Waals surface area contributed by atoms with Gasteiger partial charge in [-0.3, -0.25) is 9.59 Å². The number of likely N-dealkylation sites (N-methyl/N-ethyl adjacent to an activating group) is 1. The SMILES string of the molecule is C[C@@H]1CN([C@@H](C)CO)C(=O)c2cc(NC(=O)Cn3cnnn3)ccc2O[C@@H]1CN(C)S(=O)(=O)c1cccs1. The maximum atomic E-state index is 13.6. The van der Waals surface area contributed by atoms with E-state index in [1.807, 2.05) is 6.92 Å². The third-order valence-electron chi connectivity index (χ3n) is 6.24. The van der Waals surface area contributed by atoms with E-state index in [1.54, 1.807) is 41.5 Å². The number of aliphatic hydroxyl groups excluding tert-OH is 1. The van der Waals surface area contributed by atoms with Crippen molar-refractivity contribution in [3.63, 3.8) is 0 Å². The van der Waals surface area contributed by atoms with Gasteiger partial charge in [-0.2, -0.15) is 4.31 Å². The fraction of sp³-hybridized carbons (Fsp3) is 0.435. The molecule has 2 N–H and O–H groups in total. The second-order valence-electron chi connectivity index (χ2n) is 9.11. The molecule has 1 aliphatic heterocycles. The molecule has 0 radical (unpaired) electrons. The van der Waals surface area contributed by atoms with Crippen LogP contribution in [0.3, 0.4) is 0 Å². The van der Waals surface area contributed by atoms with Crippen LogP contribution in [-0.4, -0.2) is 93.6 Å². The number of hydrogen-bond acceptors (Lipinski definition) is 10. The van der Waals surface area contributed by atoms with Crippen LogP contribution < -0.4 is 10.1 Å². The highest BCUT2D eigenvalue weighted by atomic mass is 32.2. The number of benzene rings is 1. The Morgan fingerprint density at radius 3 is 2.82 bits per heavy atom. The molecule has 13 nitrogen and oxygen atoms in total. The summed E-state index contributed by atoms with van der Waals surface area (Å²) >= 11 is 1.13. The molecule has 4 rings (SSSR count). The van der Waals surface area contributed by atoms with E-state index >= 15 is 0 Å². The number of carbonyl (C=O) groups excluding carboxylic acids is 2. The summed E-state index contributed by atoms with van der Waals surface area (Å²) in [5.74, 6) is -0.785. The molecule has 3 atom stereocenters. The minimum Gasteiger partial charge on any atom is -0.488 e. The molecule has 0 unspecified atom stereocenters. The normalized spacial score (nSPS) is 18.9. The Labute approximate surface area is 224 Å². The first kappa shape index (κ1) is 27.6. The largest absolute Gasteiger partial charge is 0.488 e. The quantitative estimate of drug-likeness (QED) is 0.386. The van der Waals surface area contributed by atoms with Gasteiger partial charge in [0.15, 0.2) is 0 Å². The minimum absolute atomic E-state index is 0.0425. The van der Waals surface area contributed by atoms with Gasteiger partial charge >= 0.3 is 0 Å². The molecule has 38 heavy (non-hydrogen) atoms. The van der Waals surface area contributed by atoms with Crippen molar-refractivity contribution in [2.24, 2.45) is 5.92 Å². The van der Waals surface area contributed by atoms with Crippen LogP contribution in [0.5, 0.6) is 5.75 Å². The number of sulfonamides is 1. The molecule has 0 bridgehead atoms. The Kier molecular flexibility index (Phi) is 8.40. The van der Waals surface area contributed by atoms with Gasteiger partial charge in [0.1, 0.15) is 28.9 Å². The van der Waals surface area contributed by atoms with E-state index in [0.717, 1.165) is 11.3 Å². The first-order valence-corrected chi connectivity index (χ1v) is 14.1. The third-order valence-corrected chi connectivity index (χ3v) is 9.44. The minimum atomic E-state index is -3.72.